The molecule has 0 aromatic carbocycles. The highest BCUT2D eigenvalue weighted by atomic mass is 35.5. The number of pyridine rings is 1. The Morgan fingerprint density at radius 2 is 2.00 bits per heavy atom. The number of carbonyl (C=O) groups excluding carboxylic acids is 1. The number of hydrogen-bond donors (Lipinski definition) is 0. The second-order valence-electron chi connectivity index (χ2n) is 6.95. The maximum absolute atomic E-state index is 11.5. The highest BCUT2D eigenvalue weighted by Crippen LogP contribution is 2.25. The van der Waals surface area contributed by atoms with E-state index in [1.165, 1.54) is 0 Å². The van der Waals surface area contributed by atoms with E-state index in [9.17, 15) is 4.79 Å². The zero-order valence-corrected chi connectivity index (χ0v) is 16.5. The van der Waals surface area contributed by atoms with Gasteiger partial charge in [0.05, 0.1) is 23.0 Å². The van der Waals surface area contributed by atoms with Crippen LogP contribution in [0, 0.1) is 11.8 Å². The Balaban J connectivity index is 1.73. The highest BCUT2D eigenvalue weighted by molar-refractivity contribution is 6.29. The molecule has 2 aromatic rings. The third-order valence-corrected chi connectivity index (χ3v) is 4.68. The van der Waals surface area contributed by atoms with Crippen molar-refractivity contribution < 1.29 is 4.79 Å². The summed E-state index contributed by atoms with van der Waals surface area (Å²) >= 11 is 6.09. The van der Waals surface area contributed by atoms with Gasteiger partial charge in [-0.25, -0.2) is 4.98 Å². The lowest BCUT2D eigenvalue weighted by atomic mass is 10.1. The second kappa shape index (κ2) is 9.03. The predicted molar refractivity (Wildman–Crippen MR) is 107 cm³/mol. The predicted octanol–water partition coefficient (Wildman–Crippen LogP) is 2.45. The van der Waals surface area contributed by atoms with Gasteiger partial charge < -0.3 is 9.80 Å². The standard InChI is InChI=1S/C20H24ClN5O/c1-24(2)8-3-9-26-15-16(13-23-26)4-5-17-14-22-20(21)12-19(17)25-10-6-18(27)7-11-25/h12-15H,3,6-11H2,1-2H3. The molecule has 27 heavy (non-hydrogen) atoms. The molecule has 7 heteroatoms. The monoisotopic (exact) mass is 385 g/mol. The lowest BCUT2D eigenvalue weighted by Crippen LogP contribution is -2.34. The summed E-state index contributed by atoms with van der Waals surface area (Å²) in [7, 11) is 4.13. The fourth-order valence-electron chi connectivity index (χ4n) is 3.01. The quantitative estimate of drug-likeness (QED) is 0.584. The molecule has 0 unspecified atom stereocenters. The topological polar surface area (TPSA) is 54.3 Å². The number of nitrogens with zero attached hydrogens (tertiary/aromatic N) is 5. The van der Waals surface area contributed by atoms with E-state index < -0.39 is 0 Å². The van der Waals surface area contributed by atoms with Gasteiger partial charge in [-0.1, -0.05) is 23.4 Å². The summed E-state index contributed by atoms with van der Waals surface area (Å²) in [5.41, 5.74) is 2.62. The molecule has 0 N–H and O–H groups in total. The van der Waals surface area contributed by atoms with Crippen molar-refractivity contribution in [2.45, 2.75) is 25.8 Å². The van der Waals surface area contributed by atoms with Crippen molar-refractivity contribution in [2.75, 3.05) is 38.6 Å². The van der Waals surface area contributed by atoms with Crippen LogP contribution in [0.1, 0.15) is 30.4 Å². The van der Waals surface area contributed by atoms with Crippen molar-refractivity contribution in [3.63, 3.8) is 0 Å². The van der Waals surface area contributed by atoms with Crippen molar-refractivity contribution in [3.8, 4) is 11.8 Å². The number of ketones is 1. The molecule has 1 aliphatic rings. The van der Waals surface area contributed by atoms with Crippen LogP contribution in [0.3, 0.4) is 0 Å². The summed E-state index contributed by atoms with van der Waals surface area (Å²) in [6.07, 6.45) is 7.61. The highest BCUT2D eigenvalue weighted by Gasteiger charge is 2.19. The Hall–Kier alpha value is -2.36. The van der Waals surface area contributed by atoms with E-state index >= 15 is 0 Å². The third kappa shape index (κ3) is 5.56. The number of Topliss-reactive ketones (excluding diaryl/α,β-unsaturated/α-hetero) is 1. The first kappa shape index (κ1) is 19.4. The fourth-order valence-corrected chi connectivity index (χ4v) is 3.17. The van der Waals surface area contributed by atoms with Gasteiger partial charge in [-0.05, 0) is 27.1 Å². The number of rotatable bonds is 5. The molecule has 0 amide bonds. The lowest BCUT2D eigenvalue weighted by molar-refractivity contribution is -0.119. The molecule has 0 bridgehead atoms. The van der Waals surface area contributed by atoms with Gasteiger partial charge in [0.15, 0.2) is 0 Å². The van der Waals surface area contributed by atoms with Crippen molar-refractivity contribution in [1.29, 1.82) is 0 Å². The van der Waals surface area contributed by atoms with Crippen LogP contribution in [0.4, 0.5) is 5.69 Å². The summed E-state index contributed by atoms with van der Waals surface area (Å²) in [4.78, 5) is 20.0. The number of aryl methyl sites for hydroxylation is 1. The normalized spacial score (nSPS) is 14.4. The molecule has 0 aliphatic carbocycles. The van der Waals surface area contributed by atoms with Crippen LogP contribution >= 0.6 is 11.6 Å². The van der Waals surface area contributed by atoms with E-state index in [1.807, 2.05) is 16.9 Å². The van der Waals surface area contributed by atoms with E-state index in [4.69, 9.17) is 11.6 Å². The summed E-state index contributed by atoms with van der Waals surface area (Å²) in [6.45, 7) is 3.28. The van der Waals surface area contributed by atoms with E-state index in [2.05, 4.69) is 45.8 Å². The zero-order chi connectivity index (χ0) is 19.2. The minimum Gasteiger partial charge on any atom is -0.370 e. The summed E-state index contributed by atoms with van der Waals surface area (Å²) < 4.78 is 1.92. The Morgan fingerprint density at radius 3 is 2.74 bits per heavy atom. The van der Waals surface area contributed by atoms with Crippen molar-refractivity contribution in [2.24, 2.45) is 0 Å². The molecule has 3 heterocycles. The number of carbonyl (C=O) groups is 1. The number of hydrogen-bond acceptors (Lipinski definition) is 5. The molecule has 2 aromatic heterocycles. The molecule has 0 spiro atoms. The van der Waals surface area contributed by atoms with Gasteiger partial charge in [0.25, 0.3) is 0 Å². The first-order valence-corrected chi connectivity index (χ1v) is 9.50. The molecule has 1 fully saturated rings. The molecule has 3 rings (SSSR count). The number of aromatic nitrogens is 3. The SMILES string of the molecule is CN(C)CCCn1cc(C#Cc2cnc(Cl)cc2N2CCC(=O)CC2)cn1. The number of piperidine rings is 1. The maximum Gasteiger partial charge on any atom is 0.136 e. The Morgan fingerprint density at radius 1 is 1.22 bits per heavy atom. The van der Waals surface area contributed by atoms with Crippen LogP contribution in [-0.4, -0.2) is 59.2 Å². The Kier molecular flexibility index (Phi) is 6.49. The van der Waals surface area contributed by atoms with Gasteiger partial charge in [0.2, 0.25) is 0 Å². The first-order chi connectivity index (χ1) is 13.0. The molecule has 0 atom stereocenters. The van der Waals surface area contributed by atoms with Crippen LogP contribution in [0.15, 0.2) is 24.7 Å². The number of anilines is 1. The summed E-state index contributed by atoms with van der Waals surface area (Å²) in [5.74, 6) is 6.67. The fraction of sp³-hybridized carbons (Fsp3) is 0.450. The number of halogens is 1. The maximum atomic E-state index is 11.5. The van der Waals surface area contributed by atoms with Crippen LogP contribution in [0.25, 0.3) is 0 Å². The molecule has 142 valence electrons. The van der Waals surface area contributed by atoms with Crippen LogP contribution in [0.2, 0.25) is 5.15 Å². The smallest absolute Gasteiger partial charge is 0.136 e. The van der Waals surface area contributed by atoms with E-state index in [0.717, 1.165) is 36.3 Å². The molecule has 6 nitrogen and oxygen atoms in total. The van der Waals surface area contributed by atoms with E-state index in [1.54, 1.807) is 12.4 Å². The second-order valence-corrected chi connectivity index (χ2v) is 7.34. The Bertz CT molecular complexity index is 855. The molecular formula is C20H24ClN5O. The van der Waals surface area contributed by atoms with Crippen molar-refractivity contribution >= 4 is 23.1 Å². The largest absolute Gasteiger partial charge is 0.370 e. The molecular weight excluding hydrogens is 362 g/mol. The van der Waals surface area contributed by atoms with Gasteiger partial charge >= 0.3 is 0 Å². The zero-order valence-electron chi connectivity index (χ0n) is 15.8. The van der Waals surface area contributed by atoms with E-state index in [0.29, 0.717) is 36.9 Å². The average molecular weight is 386 g/mol. The molecule has 1 saturated heterocycles. The third-order valence-electron chi connectivity index (χ3n) is 4.48. The van der Waals surface area contributed by atoms with Gasteiger partial charge in [0, 0.05) is 50.9 Å². The van der Waals surface area contributed by atoms with Gasteiger partial charge in [-0.15, -0.1) is 0 Å². The average Bonchev–Trinajstić information content (AvgIpc) is 3.09. The van der Waals surface area contributed by atoms with Crippen molar-refractivity contribution in [3.05, 3.63) is 40.9 Å². The minimum atomic E-state index is 0.306. The van der Waals surface area contributed by atoms with Gasteiger partial charge in [0.1, 0.15) is 10.9 Å². The van der Waals surface area contributed by atoms with E-state index in [-0.39, 0.29) is 0 Å². The molecule has 1 aliphatic heterocycles. The van der Waals surface area contributed by atoms with Crippen LogP contribution in [-0.2, 0) is 11.3 Å². The van der Waals surface area contributed by atoms with Gasteiger partial charge in [-0.3, -0.25) is 9.48 Å². The van der Waals surface area contributed by atoms with Gasteiger partial charge in [-0.2, -0.15) is 5.10 Å². The minimum absolute atomic E-state index is 0.306. The van der Waals surface area contributed by atoms with Crippen molar-refractivity contribution in [1.82, 2.24) is 19.7 Å². The van der Waals surface area contributed by atoms with Crippen LogP contribution in [0.5, 0.6) is 0 Å². The molecule has 0 saturated carbocycles. The first-order valence-electron chi connectivity index (χ1n) is 9.12. The summed E-state index contributed by atoms with van der Waals surface area (Å²) in [6, 6.07) is 1.83. The Labute approximate surface area is 165 Å². The summed E-state index contributed by atoms with van der Waals surface area (Å²) in [5, 5.41) is 4.80. The lowest BCUT2D eigenvalue weighted by Gasteiger charge is -2.29. The molecule has 0 radical (unpaired) electrons. The van der Waals surface area contributed by atoms with Crippen LogP contribution < -0.4 is 4.90 Å².